The van der Waals surface area contributed by atoms with E-state index in [1.54, 1.807) is 0 Å². The molecule has 0 saturated carbocycles. The van der Waals surface area contributed by atoms with E-state index in [1.165, 1.54) is 0 Å². The minimum absolute atomic E-state index is 0.0954. The van der Waals surface area contributed by atoms with Crippen LogP contribution in [-0.4, -0.2) is 32.7 Å². The van der Waals surface area contributed by atoms with Gasteiger partial charge in [0.05, 0.1) is 19.3 Å². The summed E-state index contributed by atoms with van der Waals surface area (Å²) in [6.45, 7) is 6.80. The highest BCUT2D eigenvalue weighted by molar-refractivity contribution is 6.73. The van der Waals surface area contributed by atoms with Crippen molar-refractivity contribution in [3.05, 3.63) is 10.4 Å². The van der Waals surface area contributed by atoms with Gasteiger partial charge in [0.1, 0.15) is 0 Å². The van der Waals surface area contributed by atoms with E-state index in [0.717, 1.165) is 18.1 Å². The number of azide groups is 1. The van der Waals surface area contributed by atoms with Crippen LogP contribution in [0.15, 0.2) is 5.11 Å². The molecule has 0 unspecified atom stereocenters. The maximum absolute atomic E-state index is 9.46. The van der Waals surface area contributed by atoms with Crippen molar-refractivity contribution in [2.75, 3.05) is 13.2 Å². The van der Waals surface area contributed by atoms with Crippen LogP contribution in [0, 0.1) is 0 Å². The van der Waals surface area contributed by atoms with Crippen molar-refractivity contribution in [2.45, 2.75) is 45.0 Å². The van der Waals surface area contributed by atoms with E-state index in [1.807, 2.05) is 0 Å². The summed E-state index contributed by atoms with van der Waals surface area (Å²) in [7, 11) is -1.61. The Balaban J connectivity index is 4.03. The van der Waals surface area contributed by atoms with Crippen LogP contribution in [0.5, 0.6) is 0 Å². The quantitative estimate of drug-likeness (QED) is 0.302. The number of hydrogen-bond donors (Lipinski definition) is 1. The minimum atomic E-state index is -1.61. The van der Waals surface area contributed by atoms with Gasteiger partial charge in [-0.05, 0) is 23.7 Å². The van der Waals surface area contributed by atoms with Crippen LogP contribution in [0.25, 0.3) is 10.4 Å². The highest BCUT2D eigenvalue weighted by Crippen LogP contribution is 2.21. The molecule has 0 saturated heterocycles. The molecule has 0 spiro atoms. The highest BCUT2D eigenvalue weighted by Gasteiger charge is 2.29. The Kier molecular flexibility index (Phi) is 7.42. The van der Waals surface area contributed by atoms with E-state index in [9.17, 15) is 5.11 Å². The fraction of sp³-hybridized carbons (Fsp3) is 1.00. The summed E-state index contributed by atoms with van der Waals surface area (Å²) in [6.07, 6.45) is -0.669. The first-order valence-corrected chi connectivity index (χ1v) is 8.00. The van der Waals surface area contributed by atoms with Gasteiger partial charge in [-0.1, -0.05) is 25.9 Å². The molecule has 0 aromatic heterocycles. The summed E-state index contributed by atoms with van der Waals surface area (Å²) in [4.78, 5) is 2.60. The summed E-state index contributed by atoms with van der Waals surface area (Å²) >= 11 is 0. The number of rotatable bonds is 8. The lowest BCUT2D eigenvalue weighted by Gasteiger charge is -2.28. The Bertz CT molecular complexity index is 207. The number of aliphatic hydroxyl groups is 1. The van der Waals surface area contributed by atoms with Crippen LogP contribution >= 0.6 is 0 Å². The number of aliphatic hydroxyl groups excluding tert-OH is 1. The van der Waals surface area contributed by atoms with Crippen molar-refractivity contribution in [1.29, 1.82) is 0 Å². The molecule has 5 nitrogen and oxygen atoms in total. The minimum Gasteiger partial charge on any atom is -0.414 e. The Labute approximate surface area is 92.2 Å². The Morgan fingerprint density at radius 2 is 1.87 bits per heavy atom. The summed E-state index contributed by atoms with van der Waals surface area (Å²) in [6, 6.07) is 3.19. The van der Waals surface area contributed by atoms with Crippen molar-refractivity contribution in [2.24, 2.45) is 5.11 Å². The topological polar surface area (TPSA) is 78.2 Å². The first kappa shape index (κ1) is 14.4. The van der Waals surface area contributed by atoms with Gasteiger partial charge in [0.2, 0.25) is 0 Å². The lowest BCUT2D eigenvalue weighted by atomic mass is 10.4. The molecule has 0 aliphatic heterocycles. The molecule has 0 amide bonds. The second-order valence-electron chi connectivity index (χ2n) is 3.62. The van der Waals surface area contributed by atoms with E-state index in [4.69, 9.17) is 9.96 Å². The van der Waals surface area contributed by atoms with Crippen molar-refractivity contribution in [3.63, 3.8) is 0 Å². The molecule has 0 aliphatic rings. The van der Waals surface area contributed by atoms with Gasteiger partial charge in [-0.25, -0.2) is 0 Å². The first-order valence-electron chi connectivity index (χ1n) is 5.47. The summed E-state index contributed by atoms with van der Waals surface area (Å²) in [5, 5.41) is 12.8. The maximum atomic E-state index is 9.46. The predicted molar refractivity (Wildman–Crippen MR) is 63.2 cm³/mol. The normalized spacial score (nSPS) is 13.3. The largest absolute Gasteiger partial charge is 0.414 e. The van der Waals surface area contributed by atoms with Crippen LogP contribution in [0.4, 0.5) is 0 Å². The lowest BCUT2D eigenvalue weighted by molar-refractivity contribution is 0.108. The van der Waals surface area contributed by atoms with Crippen molar-refractivity contribution >= 4 is 8.32 Å². The van der Waals surface area contributed by atoms with Crippen LogP contribution in [0.2, 0.25) is 18.1 Å². The molecular formula is C9H21N3O2Si. The molecule has 0 aromatic carbocycles. The molecular weight excluding hydrogens is 210 g/mol. The molecule has 0 fully saturated rings. The number of nitrogens with zero attached hydrogens (tertiary/aromatic N) is 3. The maximum Gasteiger partial charge on any atom is 0.192 e. The Morgan fingerprint density at radius 1 is 1.33 bits per heavy atom. The summed E-state index contributed by atoms with van der Waals surface area (Å²) in [5.41, 5.74) is 8.10. The third kappa shape index (κ3) is 5.18. The fourth-order valence-corrected chi connectivity index (χ4v) is 4.17. The molecule has 0 heterocycles. The van der Waals surface area contributed by atoms with Gasteiger partial charge in [0, 0.05) is 4.91 Å². The molecule has 1 N–H and O–H groups in total. The monoisotopic (exact) mass is 231 g/mol. The Morgan fingerprint density at radius 3 is 2.27 bits per heavy atom. The average molecular weight is 231 g/mol. The van der Waals surface area contributed by atoms with Gasteiger partial charge in [0.25, 0.3) is 0 Å². The van der Waals surface area contributed by atoms with E-state index in [-0.39, 0.29) is 6.54 Å². The van der Waals surface area contributed by atoms with Crippen LogP contribution in [0.3, 0.4) is 0 Å². The van der Waals surface area contributed by atoms with E-state index >= 15 is 0 Å². The van der Waals surface area contributed by atoms with Gasteiger partial charge in [-0.2, -0.15) is 0 Å². The third-order valence-corrected chi connectivity index (χ3v) is 7.52. The molecule has 15 heavy (non-hydrogen) atoms. The van der Waals surface area contributed by atoms with E-state index in [2.05, 4.69) is 30.8 Å². The van der Waals surface area contributed by atoms with Crippen molar-refractivity contribution in [3.8, 4) is 0 Å². The molecule has 1 atom stereocenters. The lowest BCUT2D eigenvalue weighted by Crippen LogP contribution is -2.38. The number of hydrogen-bond acceptors (Lipinski definition) is 3. The van der Waals surface area contributed by atoms with Crippen LogP contribution < -0.4 is 0 Å². The smallest absolute Gasteiger partial charge is 0.192 e. The highest BCUT2D eigenvalue weighted by atomic mass is 28.4. The third-order valence-electron chi connectivity index (χ3n) is 2.87. The van der Waals surface area contributed by atoms with Crippen molar-refractivity contribution in [1.82, 2.24) is 0 Å². The molecule has 0 bridgehead atoms. The average Bonchev–Trinajstić information content (AvgIpc) is 2.29. The SMILES string of the molecule is CC[Si](CC)(CC)OC[C@H](O)CN=[N+]=[N-]. The summed E-state index contributed by atoms with van der Waals surface area (Å²) < 4.78 is 5.84. The molecule has 0 aromatic rings. The van der Waals surface area contributed by atoms with Crippen molar-refractivity contribution < 1.29 is 9.53 Å². The standard InChI is InChI=1S/C9H21N3O2Si/c1-4-15(5-2,6-3)14-8-9(13)7-11-12-10/h9,13H,4-8H2,1-3H3/t9-/m1/s1. The zero-order valence-electron chi connectivity index (χ0n) is 9.81. The zero-order valence-corrected chi connectivity index (χ0v) is 10.8. The predicted octanol–water partition coefficient (Wildman–Crippen LogP) is 2.68. The molecule has 0 aliphatic carbocycles. The van der Waals surface area contributed by atoms with E-state index in [0.29, 0.717) is 6.61 Å². The second kappa shape index (κ2) is 7.70. The summed E-state index contributed by atoms with van der Waals surface area (Å²) in [5.74, 6) is 0. The molecule has 0 radical (unpaired) electrons. The first-order chi connectivity index (χ1) is 7.14. The van der Waals surface area contributed by atoms with Crippen LogP contribution in [-0.2, 0) is 4.43 Å². The fourth-order valence-electron chi connectivity index (χ4n) is 1.51. The Hall–Kier alpha value is -0.553. The van der Waals surface area contributed by atoms with Gasteiger partial charge < -0.3 is 9.53 Å². The van der Waals surface area contributed by atoms with Gasteiger partial charge in [-0.3, -0.25) is 0 Å². The van der Waals surface area contributed by atoms with Gasteiger partial charge >= 0.3 is 0 Å². The second-order valence-corrected chi connectivity index (χ2v) is 8.40. The zero-order chi connectivity index (χ0) is 11.7. The van der Waals surface area contributed by atoms with Crippen LogP contribution in [0.1, 0.15) is 20.8 Å². The van der Waals surface area contributed by atoms with Gasteiger partial charge in [-0.15, -0.1) is 0 Å². The van der Waals surface area contributed by atoms with Gasteiger partial charge in [0.15, 0.2) is 8.32 Å². The molecule has 0 rings (SSSR count). The molecule has 6 heteroatoms. The molecule has 88 valence electrons. The van der Waals surface area contributed by atoms with E-state index < -0.39 is 14.4 Å².